The smallest absolute Gasteiger partial charge is 0.257 e. The summed E-state index contributed by atoms with van der Waals surface area (Å²) < 4.78 is 10.7. The Hall–Kier alpha value is -2.83. The third kappa shape index (κ3) is 3.54. The fourth-order valence-electron chi connectivity index (χ4n) is 3.44. The number of nitrogens with zero attached hydrogens (tertiary/aromatic N) is 4. The number of methoxy groups -OCH3 is 2. The Morgan fingerprint density at radius 1 is 1.07 bits per heavy atom. The van der Waals surface area contributed by atoms with E-state index in [9.17, 15) is 4.79 Å². The van der Waals surface area contributed by atoms with Crippen molar-refractivity contribution in [3.8, 4) is 11.5 Å². The molecule has 1 saturated carbocycles. The number of benzene rings is 1. The van der Waals surface area contributed by atoms with Crippen LogP contribution in [-0.2, 0) is 0 Å². The molecule has 1 aliphatic heterocycles. The zero-order chi connectivity index (χ0) is 18.8. The van der Waals surface area contributed by atoms with Crippen LogP contribution in [0.4, 0.5) is 5.82 Å². The maximum absolute atomic E-state index is 13.0. The number of hydrogen-bond acceptors (Lipinski definition) is 6. The van der Waals surface area contributed by atoms with Crippen LogP contribution in [0.25, 0.3) is 0 Å². The van der Waals surface area contributed by atoms with Crippen LogP contribution in [0.15, 0.2) is 30.5 Å². The number of para-hydroxylation sites is 1. The van der Waals surface area contributed by atoms with Crippen molar-refractivity contribution in [1.29, 1.82) is 0 Å². The molecule has 142 valence electrons. The van der Waals surface area contributed by atoms with Crippen molar-refractivity contribution in [3.63, 3.8) is 0 Å². The van der Waals surface area contributed by atoms with Gasteiger partial charge in [0.25, 0.3) is 5.91 Å². The first-order valence-electron chi connectivity index (χ1n) is 9.29. The van der Waals surface area contributed by atoms with E-state index in [0.29, 0.717) is 36.1 Å². The summed E-state index contributed by atoms with van der Waals surface area (Å²) in [6, 6.07) is 7.34. The molecular weight excluding hydrogens is 344 g/mol. The van der Waals surface area contributed by atoms with Crippen molar-refractivity contribution in [2.75, 3.05) is 45.3 Å². The van der Waals surface area contributed by atoms with E-state index in [2.05, 4.69) is 9.88 Å². The Labute approximate surface area is 158 Å². The van der Waals surface area contributed by atoms with Crippen molar-refractivity contribution in [2.45, 2.75) is 18.8 Å². The number of hydrogen-bond donors (Lipinski definition) is 0. The second-order valence-corrected chi connectivity index (χ2v) is 6.87. The molecule has 1 saturated heterocycles. The SMILES string of the molecule is COc1cccc(C(=O)N2CCN(c3ccnc(C4CC4)n3)CC2)c1OC. The average molecular weight is 368 g/mol. The van der Waals surface area contributed by atoms with Gasteiger partial charge in [0, 0.05) is 38.3 Å². The topological polar surface area (TPSA) is 67.8 Å². The Bertz CT molecular complexity index is 830. The molecule has 0 spiro atoms. The van der Waals surface area contributed by atoms with E-state index in [4.69, 9.17) is 14.5 Å². The fraction of sp³-hybridized carbons (Fsp3) is 0.450. The Morgan fingerprint density at radius 3 is 2.52 bits per heavy atom. The molecule has 0 N–H and O–H groups in total. The summed E-state index contributed by atoms with van der Waals surface area (Å²) in [6.45, 7) is 2.78. The number of carbonyl (C=O) groups is 1. The predicted octanol–water partition coefficient (Wildman–Crippen LogP) is 2.33. The summed E-state index contributed by atoms with van der Waals surface area (Å²) >= 11 is 0. The van der Waals surface area contributed by atoms with Crippen LogP contribution in [0.2, 0.25) is 0 Å². The summed E-state index contributed by atoms with van der Waals surface area (Å²) in [4.78, 5) is 26.2. The minimum Gasteiger partial charge on any atom is -0.493 e. The number of piperazine rings is 1. The zero-order valence-electron chi connectivity index (χ0n) is 15.7. The van der Waals surface area contributed by atoms with Crippen molar-refractivity contribution in [1.82, 2.24) is 14.9 Å². The summed E-state index contributed by atoms with van der Waals surface area (Å²) in [6.07, 6.45) is 4.22. The molecular formula is C20H24N4O3. The highest BCUT2D eigenvalue weighted by Gasteiger charge is 2.29. The summed E-state index contributed by atoms with van der Waals surface area (Å²) in [7, 11) is 3.13. The Balaban J connectivity index is 1.45. The van der Waals surface area contributed by atoms with Crippen LogP contribution in [0.3, 0.4) is 0 Å². The van der Waals surface area contributed by atoms with Gasteiger partial charge in [-0.2, -0.15) is 0 Å². The van der Waals surface area contributed by atoms with Gasteiger partial charge in [-0.25, -0.2) is 9.97 Å². The van der Waals surface area contributed by atoms with Crippen molar-refractivity contribution in [3.05, 3.63) is 41.9 Å². The van der Waals surface area contributed by atoms with E-state index in [1.54, 1.807) is 26.4 Å². The number of amides is 1. The van der Waals surface area contributed by atoms with E-state index < -0.39 is 0 Å². The molecule has 7 nitrogen and oxygen atoms in total. The number of aromatic nitrogens is 2. The van der Waals surface area contributed by atoms with E-state index in [0.717, 1.165) is 24.7 Å². The third-order valence-electron chi connectivity index (χ3n) is 5.13. The molecule has 7 heteroatoms. The van der Waals surface area contributed by atoms with Crippen LogP contribution in [0.1, 0.15) is 34.9 Å². The molecule has 0 bridgehead atoms. The summed E-state index contributed by atoms with van der Waals surface area (Å²) in [5.74, 6) is 3.46. The molecule has 4 rings (SSSR count). The van der Waals surface area contributed by atoms with E-state index in [-0.39, 0.29) is 5.91 Å². The summed E-state index contributed by atoms with van der Waals surface area (Å²) in [5, 5.41) is 0. The normalized spacial score (nSPS) is 17.0. The van der Waals surface area contributed by atoms with Crippen molar-refractivity contribution in [2.24, 2.45) is 0 Å². The van der Waals surface area contributed by atoms with Gasteiger partial charge in [-0.05, 0) is 31.0 Å². The molecule has 27 heavy (non-hydrogen) atoms. The molecule has 1 aromatic heterocycles. The molecule has 2 fully saturated rings. The highest BCUT2D eigenvalue weighted by Crippen LogP contribution is 2.38. The van der Waals surface area contributed by atoms with E-state index in [1.807, 2.05) is 23.2 Å². The summed E-state index contributed by atoms with van der Waals surface area (Å²) in [5.41, 5.74) is 0.531. The number of anilines is 1. The van der Waals surface area contributed by atoms with E-state index >= 15 is 0 Å². The van der Waals surface area contributed by atoms with Gasteiger partial charge in [0.2, 0.25) is 0 Å². The third-order valence-corrected chi connectivity index (χ3v) is 5.13. The molecule has 2 aliphatic rings. The van der Waals surface area contributed by atoms with Gasteiger partial charge < -0.3 is 19.3 Å². The lowest BCUT2D eigenvalue weighted by molar-refractivity contribution is 0.0742. The monoisotopic (exact) mass is 368 g/mol. The largest absolute Gasteiger partial charge is 0.493 e. The van der Waals surface area contributed by atoms with Crippen molar-refractivity contribution >= 4 is 11.7 Å². The first kappa shape index (κ1) is 17.6. The number of carbonyl (C=O) groups excluding carboxylic acids is 1. The second-order valence-electron chi connectivity index (χ2n) is 6.87. The van der Waals surface area contributed by atoms with Gasteiger partial charge in [-0.1, -0.05) is 6.07 Å². The van der Waals surface area contributed by atoms with Gasteiger partial charge in [0.05, 0.1) is 19.8 Å². The molecule has 2 aromatic rings. The van der Waals surface area contributed by atoms with Gasteiger partial charge in [-0.15, -0.1) is 0 Å². The van der Waals surface area contributed by atoms with Crippen LogP contribution in [0.5, 0.6) is 11.5 Å². The van der Waals surface area contributed by atoms with Crippen LogP contribution < -0.4 is 14.4 Å². The van der Waals surface area contributed by atoms with Gasteiger partial charge >= 0.3 is 0 Å². The minimum absolute atomic E-state index is 0.0354. The molecule has 1 amide bonds. The molecule has 2 heterocycles. The van der Waals surface area contributed by atoms with Gasteiger partial charge in [0.1, 0.15) is 11.6 Å². The Morgan fingerprint density at radius 2 is 1.85 bits per heavy atom. The van der Waals surface area contributed by atoms with Crippen LogP contribution in [0, 0.1) is 0 Å². The number of rotatable bonds is 5. The maximum atomic E-state index is 13.0. The van der Waals surface area contributed by atoms with Crippen LogP contribution in [-0.4, -0.2) is 61.2 Å². The highest BCUT2D eigenvalue weighted by molar-refractivity contribution is 5.98. The predicted molar refractivity (Wildman–Crippen MR) is 102 cm³/mol. The first-order chi connectivity index (χ1) is 13.2. The average Bonchev–Trinajstić information content (AvgIpc) is 3.58. The first-order valence-corrected chi connectivity index (χ1v) is 9.29. The molecule has 0 unspecified atom stereocenters. The number of ether oxygens (including phenoxy) is 2. The highest BCUT2D eigenvalue weighted by atomic mass is 16.5. The van der Waals surface area contributed by atoms with Crippen LogP contribution >= 0.6 is 0 Å². The second kappa shape index (κ2) is 7.42. The van der Waals surface area contributed by atoms with E-state index in [1.165, 1.54) is 12.8 Å². The van der Waals surface area contributed by atoms with Crippen molar-refractivity contribution < 1.29 is 14.3 Å². The van der Waals surface area contributed by atoms with Gasteiger partial charge in [-0.3, -0.25) is 4.79 Å². The quantitative estimate of drug-likeness (QED) is 0.807. The maximum Gasteiger partial charge on any atom is 0.257 e. The molecule has 0 atom stereocenters. The minimum atomic E-state index is -0.0354. The zero-order valence-corrected chi connectivity index (χ0v) is 15.7. The lowest BCUT2D eigenvalue weighted by Crippen LogP contribution is -2.49. The molecule has 1 aromatic carbocycles. The van der Waals surface area contributed by atoms with Gasteiger partial charge in [0.15, 0.2) is 11.5 Å². The Kier molecular flexibility index (Phi) is 4.83. The standard InChI is InChI=1S/C20H24N4O3/c1-26-16-5-3-4-15(18(16)27-2)20(25)24-12-10-23(11-13-24)17-8-9-21-19(22-17)14-6-7-14/h3-5,8-9,14H,6-7,10-13H2,1-2H3. The fourth-order valence-corrected chi connectivity index (χ4v) is 3.44. The molecule has 1 aliphatic carbocycles. The lowest BCUT2D eigenvalue weighted by atomic mass is 10.1. The lowest BCUT2D eigenvalue weighted by Gasteiger charge is -2.35. The molecule has 0 radical (unpaired) electrons.